The van der Waals surface area contributed by atoms with Crippen LogP contribution in [0.25, 0.3) is 11.6 Å². The Kier molecular flexibility index (Phi) is 4.96. The summed E-state index contributed by atoms with van der Waals surface area (Å²) in [5, 5.41) is 9.44. The lowest BCUT2D eigenvalue weighted by molar-refractivity contribution is 0.578. The number of benzene rings is 2. The Labute approximate surface area is 142 Å². The maximum Gasteiger partial charge on any atom is 0.123 e. The van der Waals surface area contributed by atoms with Crippen LogP contribution < -0.4 is 4.90 Å². The molecule has 1 aliphatic rings. The molecule has 1 aliphatic heterocycles. The molecule has 0 aliphatic carbocycles. The summed E-state index contributed by atoms with van der Waals surface area (Å²) in [6.07, 6.45) is 5.70. The second kappa shape index (κ2) is 7.31. The standard InChI is InChI=1S/C21H21FN2/c1-16-13-21(24-11-3-2-4-12-24)10-7-18(16)14-19(15-23)17-5-8-20(22)9-6-17/h5-10,13-14H,2-4,11-12H2,1H3/b19-14-. The van der Waals surface area contributed by atoms with Crippen molar-refractivity contribution < 1.29 is 4.39 Å². The summed E-state index contributed by atoms with van der Waals surface area (Å²) in [6.45, 7) is 4.31. The van der Waals surface area contributed by atoms with E-state index in [1.807, 2.05) is 6.08 Å². The van der Waals surface area contributed by atoms with Crippen molar-refractivity contribution in [2.24, 2.45) is 0 Å². The number of hydrogen-bond acceptors (Lipinski definition) is 2. The first-order valence-corrected chi connectivity index (χ1v) is 8.41. The molecule has 0 bridgehead atoms. The van der Waals surface area contributed by atoms with Crippen LogP contribution in [0.2, 0.25) is 0 Å². The molecule has 1 fully saturated rings. The molecule has 1 saturated heterocycles. The van der Waals surface area contributed by atoms with E-state index < -0.39 is 0 Å². The number of aryl methyl sites for hydroxylation is 1. The first-order chi connectivity index (χ1) is 11.7. The number of halogens is 1. The van der Waals surface area contributed by atoms with Crippen LogP contribution in [0.1, 0.15) is 36.0 Å². The van der Waals surface area contributed by atoms with Crippen molar-refractivity contribution in [1.82, 2.24) is 0 Å². The molecule has 3 heteroatoms. The molecule has 0 unspecified atom stereocenters. The van der Waals surface area contributed by atoms with Gasteiger partial charge in [0.05, 0.1) is 11.6 Å². The molecule has 0 aromatic heterocycles. The van der Waals surface area contributed by atoms with Gasteiger partial charge in [0.1, 0.15) is 5.82 Å². The molecule has 3 rings (SSSR count). The smallest absolute Gasteiger partial charge is 0.123 e. The highest BCUT2D eigenvalue weighted by Gasteiger charge is 2.12. The lowest BCUT2D eigenvalue weighted by atomic mass is 10.00. The molecule has 0 amide bonds. The van der Waals surface area contributed by atoms with E-state index in [0.29, 0.717) is 5.57 Å². The van der Waals surface area contributed by atoms with Gasteiger partial charge in [-0.25, -0.2) is 4.39 Å². The molecular weight excluding hydrogens is 299 g/mol. The van der Waals surface area contributed by atoms with Crippen LogP contribution in [0.3, 0.4) is 0 Å². The first kappa shape index (κ1) is 16.3. The normalized spacial score (nSPS) is 15.2. The fraction of sp³-hybridized carbons (Fsp3) is 0.286. The summed E-state index contributed by atoms with van der Waals surface area (Å²) >= 11 is 0. The van der Waals surface area contributed by atoms with Gasteiger partial charge in [-0.2, -0.15) is 5.26 Å². The summed E-state index contributed by atoms with van der Waals surface area (Å²) in [6, 6.07) is 14.7. The van der Waals surface area contributed by atoms with Gasteiger partial charge in [-0.05, 0) is 73.2 Å². The summed E-state index contributed by atoms with van der Waals surface area (Å²) in [5.74, 6) is -0.293. The Hall–Kier alpha value is -2.60. The van der Waals surface area contributed by atoms with E-state index in [1.54, 1.807) is 12.1 Å². The van der Waals surface area contributed by atoms with E-state index in [-0.39, 0.29) is 5.82 Å². The zero-order chi connectivity index (χ0) is 16.9. The van der Waals surface area contributed by atoms with E-state index in [1.165, 1.54) is 37.1 Å². The van der Waals surface area contributed by atoms with Crippen LogP contribution in [-0.4, -0.2) is 13.1 Å². The average Bonchev–Trinajstić information content (AvgIpc) is 2.62. The maximum absolute atomic E-state index is 13.1. The minimum atomic E-state index is -0.293. The van der Waals surface area contributed by atoms with Crippen LogP contribution >= 0.6 is 0 Å². The minimum Gasteiger partial charge on any atom is -0.372 e. The van der Waals surface area contributed by atoms with Crippen LogP contribution in [0.4, 0.5) is 10.1 Å². The molecule has 0 N–H and O–H groups in total. The van der Waals surface area contributed by atoms with Gasteiger partial charge < -0.3 is 4.90 Å². The van der Waals surface area contributed by atoms with Gasteiger partial charge >= 0.3 is 0 Å². The number of nitrogens with zero attached hydrogens (tertiary/aromatic N) is 2. The van der Waals surface area contributed by atoms with Gasteiger partial charge in [0.2, 0.25) is 0 Å². The highest BCUT2D eigenvalue weighted by atomic mass is 19.1. The quantitative estimate of drug-likeness (QED) is 0.575. The highest BCUT2D eigenvalue weighted by Crippen LogP contribution is 2.25. The third-order valence-electron chi connectivity index (χ3n) is 4.55. The molecule has 0 atom stereocenters. The predicted octanol–water partition coefficient (Wildman–Crippen LogP) is 5.19. The molecule has 2 aromatic rings. The van der Waals surface area contributed by atoms with Gasteiger partial charge in [-0.15, -0.1) is 0 Å². The van der Waals surface area contributed by atoms with E-state index in [2.05, 4.69) is 36.1 Å². The second-order valence-electron chi connectivity index (χ2n) is 6.27. The Morgan fingerprint density at radius 2 is 1.79 bits per heavy atom. The number of piperidine rings is 1. The SMILES string of the molecule is Cc1cc(N2CCCCC2)ccc1/C=C(/C#N)c1ccc(F)cc1. The van der Waals surface area contributed by atoms with E-state index >= 15 is 0 Å². The Morgan fingerprint density at radius 1 is 1.08 bits per heavy atom. The lowest BCUT2D eigenvalue weighted by Crippen LogP contribution is -2.29. The van der Waals surface area contributed by atoms with Crippen LogP contribution in [0, 0.1) is 24.1 Å². The zero-order valence-corrected chi connectivity index (χ0v) is 13.9. The fourth-order valence-corrected chi connectivity index (χ4v) is 3.14. The number of anilines is 1. The summed E-state index contributed by atoms with van der Waals surface area (Å²) in [4.78, 5) is 2.43. The molecule has 2 nitrogen and oxygen atoms in total. The Bertz CT molecular complexity index is 778. The molecular formula is C21H21FN2. The van der Waals surface area contributed by atoms with Crippen molar-refractivity contribution in [3.05, 3.63) is 65.0 Å². The topological polar surface area (TPSA) is 27.0 Å². The maximum atomic E-state index is 13.1. The lowest BCUT2D eigenvalue weighted by Gasteiger charge is -2.29. The largest absolute Gasteiger partial charge is 0.372 e. The van der Waals surface area contributed by atoms with Crippen molar-refractivity contribution >= 4 is 17.3 Å². The first-order valence-electron chi connectivity index (χ1n) is 8.41. The van der Waals surface area contributed by atoms with E-state index in [4.69, 9.17) is 0 Å². The van der Waals surface area contributed by atoms with Crippen molar-refractivity contribution in [2.45, 2.75) is 26.2 Å². The summed E-state index contributed by atoms with van der Waals surface area (Å²) in [7, 11) is 0. The Morgan fingerprint density at radius 3 is 2.42 bits per heavy atom. The third-order valence-corrected chi connectivity index (χ3v) is 4.55. The van der Waals surface area contributed by atoms with Gasteiger partial charge in [0, 0.05) is 18.8 Å². The number of rotatable bonds is 3. The van der Waals surface area contributed by atoms with Crippen LogP contribution in [-0.2, 0) is 0 Å². The number of hydrogen-bond donors (Lipinski definition) is 0. The second-order valence-corrected chi connectivity index (χ2v) is 6.27. The molecule has 0 saturated carbocycles. The average molecular weight is 320 g/mol. The van der Waals surface area contributed by atoms with Crippen molar-refractivity contribution in [3.8, 4) is 6.07 Å². The zero-order valence-electron chi connectivity index (χ0n) is 13.9. The van der Waals surface area contributed by atoms with Gasteiger partial charge in [-0.3, -0.25) is 0 Å². The van der Waals surface area contributed by atoms with Gasteiger partial charge in [0.15, 0.2) is 0 Å². The minimum absolute atomic E-state index is 0.293. The van der Waals surface area contributed by atoms with Gasteiger partial charge in [-0.1, -0.05) is 18.2 Å². The summed E-state index contributed by atoms with van der Waals surface area (Å²) in [5.41, 5.74) is 4.71. The Balaban J connectivity index is 1.88. The van der Waals surface area contributed by atoms with Crippen molar-refractivity contribution in [2.75, 3.05) is 18.0 Å². The number of nitriles is 1. The van der Waals surface area contributed by atoms with Gasteiger partial charge in [0.25, 0.3) is 0 Å². The monoisotopic (exact) mass is 320 g/mol. The molecule has 122 valence electrons. The molecule has 2 aromatic carbocycles. The number of allylic oxidation sites excluding steroid dienone is 1. The molecule has 24 heavy (non-hydrogen) atoms. The van der Waals surface area contributed by atoms with Crippen molar-refractivity contribution in [1.29, 1.82) is 5.26 Å². The van der Waals surface area contributed by atoms with E-state index in [9.17, 15) is 9.65 Å². The van der Waals surface area contributed by atoms with E-state index in [0.717, 1.165) is 29.8 Å². The van der Waals surface area contributed by atoms with Crippen molar-refractivity contribution in [3.63, 3.8) is 0 Å². The predicted molar refractivity (Wildman–Crippen MR) is 97.1 cm³/mol. The molecule has 0 spiro atoms. The molecule has 1 heterocycles. The van der Waals surface area contributed by atoms with Crippen LogP contribution in [0.5, 0.6) is 0 Å². The molecule has 0 radical (unpaired) electrons. The summed E-state index contributed by atoms with van der Waals surface area (Å²) < 4.78 is 13.1. The third kappa shape index (κ3) is 3.65. The van der Waals surface area contributed by atoms with Crippen LogP contribution in [0.15, 0.2) is 42.5 Å². The fourth-order valence-electron chi connectivity index (χ4n) is 3.14. The highest BCUT2D eigenvalue weighted by molar-refractivity contribution is 5.90.